The van der Waals surface area contributed by atoms with Crippen molar-refractivity contribution < 1.29 is 4.39 Å². The minimum atomic E-state index is -0.501. The van der Waals surface area contributed by atoms with Crippen LogP contribution in [0.15, 0.2) is 23.7 Å². The van der Waals surface area contributed by atoms with Gasteiger partial charge in [-0.3, -0.25) is 0 Å². The Balaban J connectivity index is 2.08. The van der Waals surface area contributed by atoms with Crippen LogP contribution >= 0.6 is 11.3 Å². The molecule has 0 aliphatic carbocycles. The van der Waals surface area contributed by atoms with Gasteiger partial charge in [-0.1, -0.05) is 0 Å². The first kappa shape index (κ1) is 11.6. The second kappa shape index (κ2) is 4.93. The van der Waals surface area contributed by atoms with Gasteiger partial charge in [0.1, 0.15) is 11.9 Å². The fourth-order valence-corrected chi connectivity index (χ4v) is 2.11. The van der Waals surface area contributed by atoms with Gasteiger partial charge in [0.15, 0.2) is 0 Å². The lowest BCUT2D eigenvalue weighted by Crippen LogP contribution is -1.99. The third-order valence-electron chi connectivity index (χ3n) is 2.39. The third kappa shape index (κ3) is 2.60. The standard InChI is InChI=1S/C12H10FN3S/c1-8-12(17-7-16-8)6-15-10-3-2-9(5-14)11(13)4-10/h2-4,7,15H,6H2,1H3. The molecule has 86 valence electrons. The van der Waals surface area contributed by atoms with E-state index in [-0.39, 0.29) is 5.56 Å². The van der Waals surface area contributed by atoms with E-state index in [9.17, 15) is 4.39 Å². The van der Waals surface area contributed by atoms with Crippen molar-refractivity contribution in [2.75, 3.05) is 5.32 Å². The number of nitrogens with one attached hydrogen (secondary N) is 1. The summed E-state index contributed by atoms with van der Waals surface area (Å²) in [6, 6.07) is 6.28. The summed E-state index contributed by atoms with van der Waals surface area (Å²) < 4.78 is 13.3. The summed E-state index contributed by atoms with van der Waals surface area (Å²) in [4.78, 5) is 5.26. The molecule has 0 radical (unpaired) electrons. The number of hydrogen-bond donors (Lipinski definition) is 1. The Labute approximate surface area is 103 Å². The lowest BCUT2D eigenvalue weighted by Gasteiger charge is -2.05. The third-order valence-corrected chi connectivity index (χ3v) is 3.32. The molecule has 0 spiro atoms. The van der Waals surface area contributed by atoms with Gasteiger partial charge in [0, 0.05) is 10.6 Å². The molecular formula is C12H10FN3S. The van der Waals surface area contributed by atoms with Gasteiger partial charge < -0.3 is 5.32 Å². The van der Waals surface area contributed by atoms with Crippen LogP contribution in [0.5, 0.6) is 0 Å². The van der Waals surface area contributed by atoms with Crippen LogP contribution in [-0.2, 0) is 6.54 Å². The second-order valence-corrected chi connectivity index (χ2v) is 4.46. The molecule has 2 rings (SSSR count). The molecule has 5 heteroatoms. The monoisotopic (exact) mass is 247 g/mol. The molecule has 0 bridgehead atoms. The first-order chi connectivity index (χ1) is 8.20. The first-order valence-corrected chi connectivity index (χ1v) is 5.91. The van der Waals surface area contributed by atoms with Gasteiger partial charge in [0.2, 0.25) is 0 Å². The van der Waals surface area contributed by atoms with Crippen molar-refractivity contribution in [3.63, 3.8) is 0 Å². The van der Waals surface area contributed by atoms with Crippen LogP contribution in [0.2, 0.25) is 0 Å². The average Bonchev–Trinajstić information content (AvgIpc) is 2.72. The number of thiazole rings is 1. The molecular weight excluding hydrogens is 237 g/mol. The number of anilines is 1. The SMILES string of the molecule is Cc1ncsc1CNc1ccc(C#N)c(F)c1. The van der Waals surface area contributed by atoms with E-state index in [0.717, 1.165) is 10.6 Å². The maximum absolute atomic E-state index is 13.3. The first-order valence-electron chi connectivity index (χ1n) is 5.03. The Morgan fingerprint density at radius 1 is 1.53 bits per heavy atom. The van der Waals surface area contributed by atoms with Crippen LogP contribution in [0.4, 0.5) is 10.1 Å². The Hall–Kier alpha value is -1.93. The number of nitrogens with zero attached hydrogens (tertiary/aromatic N) is 2. The van der Waals surface area contributed by atoms with Gasteiger partial charge in [0.05, 0.1) is 23.3 Å². The molecule has 2 aromatic rings. The van der Waals surface area contributed by atoms with Gasteiger partial charge in [-0.15, -0.1) is 11.3 Å². The van der Waals surface area contributed by atoms with E-state index in [2.05, 4.69) is 10.3 Å². The maximum Gasteiger partial charge on any atom is 0.143 e. The molecule has 0 unspecified atom stereocenters. The minimum Gasteiger partial charge on any atom is -0.380 e. The summed E-state index contributed by atoms with van der Waals surface area (Å²) in [6.07, 6.45) is 0. The highest BCUT2D eigenvalue weighted by Gasteiger charge is 2.04. The van der Waals surface area contributed by atoms with E-state index in [1.165, 1.54) is 12.1 Å². The van der Waals surface area contributed by atoms with Crippen LogP contribution in [0.1, 0.15) is 16.1 Å². The smallest absolute Gasteiger partial charge is 0.143 e. The maximum atomic E-state index is 13.3. The predicted octanol–water partition coefficient (Wildman–Crippen LogP) is 3.07. The van der Waals surface area contributed by atoms with Gasteiger partial charge in [-0.25, -0.2) is 9.37 Å². The largest absolute Gasteiger partial charge is 0.380 e. The van der Waals surface area contributed by atoms with E-state index >= 15 is 0 Å². The van der Waals surface area contributed by atoms with Gasteiger partial charge in [-0.2, -0.15) is 5.26 Å². The Morgan fingerprint density at radius 2 is 2.35 bits per heavy atom. The number of halogens is 1. The van der Waals surface area contributed by atoms with Gasteiger partial charge >= 0.3 is 0 Å². The molecule has 1 aromatic heterocycles. The van der Waals surface area contributed by atoms with Crippen LogP contribution < -0.4 is 5.32 Å². The molecule has 0 amide bonds. The molecule has 1 heterocycles. The van der Waals surface area contributed by atoms with E-state index in [1.807, 2.05) is 6.92 Å². The van der Waals surface area contributed by atoms with Crippen molar-refractivity contribution in [1.82, 2.24) is 4.98 Å². The zero-order valence-electron chi connectivity index (χ0n) is 9.20. The van der Waals surface area contributed by atoms with E-state index in [1.54, 1.807) is 29.0 Å². The number of hydrogen-bond acceptors (Lipinski definition) is 4. The summed E-state index contributed by atoms with van der Waals surface area (Å²) >= 11 is 1.56. The van der Waals surface area contributed by atoms with Crippen molar-refractivity contribution in [2.24, 2.45) is 0 Å². The van der Waals surface area contributed by atoms with Crippen LogP contribution in [-0.4, -0.2) is 4.98 Å². The Morgan fingerprint density at radius 3 is 2.94 bits per heavy atom. The van der Waals surface area contributed by atoms with E-state index in [4.69, 9.17) is 5.26 Å². The van der Waals surface area contributed by atoms with Crippen molar-refractivity contribution in [3.05, 3.63) is 45.7 Å². The lowest BCUT2D eigenvalue weighted by molar-refractivity contribution is 0.624. The van der Waals surface area contributed by atoms with Gasteiger partial charge in [0.25, 0.3) is 0 Å². The number of rotatable bonds is 3. The summed E-state index contributed by atoms with van der Waals surface area (Å²) in [7, 11) is 0. The van der Waals surface area contributed by atoms with E-state index < -0.39 is 5.82 Å². The molecule has 3 nitrogen and oxygen atoms in total. The van der Waals surface area contributed by atoms with E-state index in [0.29, 0.717) is 12.2 Å². The molecule has 0 saturated carbocycles. The van der Waals surface area contributed by atoms with Crippen molar-refractivity contribution >= 4 is 17.0 Å². The van der Waals surface area contributed by atoms with Crippen molar-refractivity contribution in [3.8, 4) is 6.07 Å². The van der Waals surface area contributed by atoms with Crippen LogP contribution in [0.3, 0.4) is 0 Å². The van der Waals surface area contributed by atoms with Crippen LogP contribution in [0, 0.1) is 24.1 Å². The number of benzene rings is 1. The zero-order chi connectivity index (χ0) is 12.3. The molecule has 1 N–H and O–H groups in total. The quantitative estimate of drug-likeness (QED) is 0.906. The minimum absolute atomic E-state index is 0.0597. The van der Waals surface area contributed by atoms with Crippen LogP contribution in [0.25, 0.3) is 0 Å². The molecule has 0 aliphatic heterocycles. The summed E-state index contributed by atoms with van der Waals surface area (Å²) in [5.41, 5.74) is 3.49. The molecule has 17 heavy (non-hydrogen) atoms. The normalized spacial score (nSPS) is 9.94. The number of aromatic nitrogens is 1. The molecule has 0 saturated heterocycles. The Bertz CT molecular complexity index is 571. The number of aryl methyl sites for hydroxylation is 1. The summed E-state index contributed by atoms with van der Waals surface area (Å²) in [6.45, 7) is 2.55. The molecule has 0 atom stereocenters. The van der Waals surface area contributed by atoms with Crippen molar-refractivity contribution in [2.45, 2.75) is 13.5 Å². The highest BCUT2D eigenvalue weighted by atomic mass is 32.1. The highest BCUT2D eigenvalue weighted by Crippen LogP contribution is 2.17. The average molecular weight is 247 g/mol. The molecule has 1 aromatic carbocycles. The zero-order valence-corrected chi connectivity index (χ0v) is 10.0. The highest BCUT2D eigenvalue weighted by molar-refractivity contribution is 7.09. The number of nitriles is 1. The fraction of sp³-hybridized carbons (Fsp3) is 0.167. The Kier molecular flexibility index (Phi) is 3.35. The summed E-state index contributed by atoms with van der Waals surface area (Å²) in [5.74, 6) is -0.501. The van der Waals surface area contributed by atoms with Crippen molar-refractivity contribution in [1.29, 1.82) is 5.26 Å². The topological polar surface area (TPSA) is 48.7 Å². The lowest BCUT2D eigenvalue weighted by atomic mass is 10.2. The summed E-state index contributed by atoms with van der Waals surface area (Å²) in [5, 5.41) is 11.7. The second-order valence-electron chi connectivity index (χ2n) is 3.52. The molecule has 0 fully saturated rings. The van der Waals surface area contributed by atoms with Gasteiger partial charge in [-0.05, 0) is 25.1 Å². The predicted molar refractivity (Wildman–Crippen MR) is 65.3 cm³/mol. The molecule has 0 aliphatic rings. The fourth-order valence-electron chi connectivity index (χ4n) is 1.39.